The summed E-state index contributed by atoms with van der Waals surface area (Å²) in [5.41, 5.74) is -0.413. The average Bonchev–Trinajstić information content (AvgIpc) is 2.59. The second-order valence-electron chi connectivity index (χ2n) is 6.17. The SMILES string of the molecule is CCC(C)(NC(=O)[C@@H](C)c1ccc2cc(OC)ccc2c1)C(=O)O. The summed E-state index contributed by atoms with van der Waals surface area (Å²) in [6.45, 7) is 5.03. The molecule has 24 heavy (non-hydrogen) atoms. The van der Waals surface area contributed by atoms with Gasteiger partial charge in [0.15, 0.2) is 0 Å². The highest BCUT2D eigenvalue weighted by atomic mass is 16.5. The molecule has 2 atom stereocenters. The zero-order valence-electron chi connectivity index (χ0n) is 14.4. The van der Waals surface area contributed by atoms with Crippen molar-refractivity contribution in [1.29, 1.82) is 0 Å². The Bertz CT molecular complexity index is 771. The maximum absolute atomic E-state index is 12.5. The van der Waals surface area contributed by atoms with Gasteiger partial charge in [0, 0.05) is 0 Å². The number of aliphatic carboxylic acids is 1. The van der Waals surface area contributed by atoms with Crippen LogP contribution in [-0.4, -0.2) is 29.6 Å². The van der Waals surface area contributed by atoms with E-state index in [0.29, 0.717) is 6.42 Å². The minimum absolute atomic E-state index is 0.297. The summed E-state index contributed by atoms with van der Waals surface area (Å²) < 4.78 is 5.21. The lowest BCUT2D eigenvalue weighted by molar-refractivity contribution is -0.147. The van der Waals surface area contributed by atoms with E-state index in [0.717, 1.165) is 22.1 Å². The van der Waals surface area contributed by atoms with Crippen molar-refractivity contribution in [3.63, 3.8) is 0 Å². The Hall–Kier alpha value is -2.56. The number of hydrogen-bond donors (Lipinski definition) is 2. The summed E-state index contributed by atoms with van der Waals surface area (Å²) in [6.07, 6.45) is 0.318. The molecule has 0 aliphatic rings. The predicted molar refractivity (Wildman–Crippen MR) is 93.4 cm³/mol. The predicted octanol–water partition coefficient (Wildman–Crippen LogP) is 3.32. The van der Waals surface area contributed by atoms with Crippen LogP contribution in [0.5, 0.6) is 5.75 Å². The van der Waals surface area contributed by atoms with Gasteiger partial charge in [-0.3, -0.25) is 4.79 Å². The fourth-order valence-corrected chi connectivity index (χ4v) is 2.46. The molecule has 2 aromatic rings. The van der Waals surface area contributed by atoms with Gasteiger partial charge in [0.1, 0.15) is 11.3 Å². The van der Waals surface area contributed by atoms with Gasteiger partial charge in [-0.1, -0.05) is 31.2 Å². The average molecular weight is 329 g/mol. The number of carboxylic acids is 1. The summed E-state index contributed by atoms with van der Waals surface area (Å²) in [7, 11) is 1.62. The van der Waals surface area contributed by atoms with E-state index in [4.69, 9.17) is 4.74 Å². The molecule has 2 rings (SSSR count). The fourth-order valence-electron chi connectivity index (χ4n) is 2.46. The van der Waals surface area contributed by atoms with E-state index in [1.165, 1.54) is 6.92 Å². The van der Waals surface area contributed by atoms with Crippen molar-refractivity contribution in [1.82, 2.24) is 5.32 Å². The van der Waals surface area contributed by atoms with Gasteiger partial charge in [-0.15, -0.1) is 0 Å². The van der Waals surface area contributed by atoms with E-state index in [1.807, 2.05) is 36.4 Å². The molecule has 2 aromatic carbocycles. The third-order valence-corrected chi connectivity index (χ3v) is 4.54. The first-order chi connectivity index (χ1) is 11.3. The molecule has 0 aromatic heterocycles. The second kappa shape index (κ2) is 6.91. The van der Waals surface area contributed by atoms with E-state index in [2.05, 4.69) is 5.32 Å². The number of hydrogen-bond acceptors (Lipinski definition) is 3. The molecule has 0 aliphatic heterocycles. The Morgan fingerprint density at radius 2 is 1.83 bits per heavy atom. The molecule has 5 nitrogen and oxygen atoms in total. The van der Waals surface area contributed by atoms with Crippen LogP contribution in [0, 0.1) is 0 Å². The number of amides is 1. The fraction of sp³-hybridized carbons (Fsp3) is 0.368. The number of ether oxygens (including phenoxy) is 1. The van der Waals surface area contributed by atoms with Crippen molar-refractivity contribution in [2.24, 2.45) is 0 Å². The molecule has 2 N–H and O–H groups in total. The molecule has 0 spiro atoms. The third-order valence-electron chi connectivity index (χ3n) is 4.54. The maximum atomic E-state index is 12.5. The number of rotatable bonds is 6. The summed E-state index contributed by atoms with van der Waals surface area (Å²) in [5.74, 6) is -0.992. The Balaban J connectivity index is 2.25. The molecule has 0 fully saturated rings. The molecule has 0 radical (unpaired) electrons. The Labute approximate surface area is 141 Å². The highest BCUT2D eigenvalue weighted by Gasteiger charge is 2.34. The molecule has 0 saturated carbocycles. The van der Waals surface area contributed by atoms with Gasteiger partial charge in [-0.05, 0) is 48.7 Å². The van der Waals surface area contributed by atoms with Crippen molar-refractivity contribution in [3.8, 4) is 5.75 Å². The minimum Gasteiger partial charge on any atom is -0.497 e. The van der Waals surface area contributed by atoms with Crippen LogP contribution in [0.4, 0.5) is 0 Å². The lowest BCUT2D eigenvalue weighted by Crippen LogP contribution is -2.52. The first kappa shape index (κ1) is 17.8. The van der Waals surface area contributed by atoms with Crippen LogP contribution in [0.15, 0.2) is 36.4 Å². The van der Waals surface area contributed by atoms with Crippen molar-refractivity contribution >= 4 is 22.6 Å². The van der Waals surface area contributed by atoms with Crippen LogP contribution in [-0.2, 0) is 9.59 Å². The quantitative estimate of drug-likeness (QED) is 0.852. The summed E-state index contributed by atoms with van der Waals surface area (Å²) in [6, 6.07) is 11.5. The largest absolute Gasteiger partial charge is 0.497 e. The van der Waals surface area contributed by atoms with E-state index < -0.39 is 17.4 Å². The number of methoxy groups -OCH3 is 1. The molecular formula is C19H23NO4. The van der Waals surface area contributed by atoms with Crippen LogP contribution in [0.3, 0.4) is 0 Å². The molecule has 0 bridgehead atoms. The van der Waals surface area contributed by atoms with Gasteiger partial charge >= 0.3 is 5.97 Å². The standard InChI is InChI=1S/C19H23NO4/c1-5-19(3,18(22)23)20-17(21)12(2)13-6-7-15-11-16(24-4)9-8-14(15)10-13/h6-12H,5H2,1-4H3,(H,20,21)(H,22,23)/t12-,19?/m0/s1. The minimum atomic E-state index is -1.25. The molecule has 0 heterocycles. The number of nitrogens with one attached hydrogen (secondary N) is 1. The van der Waals surface area contributed by atoms with E-state index in [1.54, 1.807) is 21.0 Å². The number of carbonyl (C=O) groups is 2. The molecular weight excluding hydrogens is 306 g/mol. The normalized spacial score (nSPS) is 14.7. The highest BCUT2D eigenvalue weighted by Crippen LogP contribution is 2.26. The Morgan fingerprint density at radius 3 is 2.42 bits per heavy atom. The first-order valence-electron chi connectivity index (χ1n) is 7.94. The maximum Gasteiger partial charge on any atom is 0.329 e. The number of carboxylic acid groups (broad SMARTS) is 1. The van der Waals surface area contributed by atoms with E-state index in [9.17, 15) is 14.7 Å². The van der Waals surface area contributed by atoms with Crippen LogP contribution in [0.25, 0.3) is 10.8 Å². The molecule has 128 valence electrons. The molecule has 5 heteroatoms. The zero-order chi connectivity index (χ0) is 17.9. The number of fused-ring (bicyclic) bond motifs is 1. The summed E-state index contributed by atoms with van der Waals surface area (Å²) in [4.78, 5) is 23.8. The van der Waals surface area contributed by atoms with E-state index in [-0.39, 0.29) is 5.91 Å². The summed E-state index contributed by atoms with van der Waals surface area (Å²) >= 11 is 0. The lowest BCUT2D eigenvalue weighted by Gasteiger charge is -2.26. The van der Waals surface area contributed by atoms with Crippen molar-refractivity contribution in [3.05, 3.63) is 42.0 Å². The third kappa shape index (κ3) is 3.50. The van der Waals surface area contributed by atoms with Crippen LogP contribution in [0.1, 0.15) is 38.7 Å². The monoisotopic (exact) mass is 329 g/mol. The van der Waals surface area contributed by atoms with Crippen molar-refractivity contribution in [2.75, 3.05) is 7.11 Å². The second-order valence-corrected chi connectivity index (χ2v) is 6.17. The Kier molecular flexibility index (Phi) is 5.12. The van der Waals surface area contributed by atoms with Crippen LogP contribution >= 0.6 is 0 Å². The lowest BCUT2D eigenvalue weighted by atomic mass is 9.94. The van der Waals surface area contributed by atoms with Crippen LogP contribution < -0.4 is 10.1 Å². The first-order valence-corrected chi connectivity index (χ1v) is 7.94. The number of carbonyl (C=O) groups excluding carboxylic acids is 1. The molecule has 0 saturated heterocycles. The van der Waals surface area contributed by atoms with Crippen molar-refractivity contribution in [2.45, 2.75) is 38.6 Å². The topological polar surface area (TPSA) is 75.6 Å². The molecule has 1 amide bonds. The number of benzene rings is 2. The molecule has 0 aliphatic carbocycles. The van der Waals surface area contributed by atoms with E-state index >= 15 is 0 Å². The zero-order valence-corrected chi connectivity index (χ0v) is 14.4. The summed E-state index contributed by atoms with van der Waals surface area (Å²) in [5, 5.41) is 14.0. The highest BCUT2D eigenvalue weighted by molar-refractivity contribution is 5.91. The van der Waals surface area contributed by atoms with Gasteiger partial charge in [-0.2, -0.15) is 0 Å². The van der Waals surface area contributed by atoms with Crippen LogP contribution in [0.2, 0.25) is 0 Å². The Morgan fingerprint density at radius 1 is 1.21 bits per heavy atom. The van der Waals surface area contributed by atoms with Gasteiger partial charge in [0.2, 0.25) is 5.91 Å². The smallest absolute Gasteiger partial charge is 0.329 e. The van der Waals surface area contributed by atoms with Gasteiger partial charge < -0.3 is 15.2 Å². The molecule has 1 unspecified atom stereocenters. The van der Waals surface area contributed by atoms with Gasteiger partial charge in [0.25, 0.3) is 0 Å². The van der Waals surface area contributed by atoms with Crippen molar-refractivity contribution < 1.29 is 19.4 Å². The van der Waals surface area contributed by atoms with Gasteiger partial charge in [-0.25, -0.2) is 4.79 Å². The van der Waals surface area contributed by atoms with Gasteiger partial charge in [0.05, 0.1) is 13.0 Å².